The van der Waals surface area contributed by atoms with Crippen molar-refractivity contribution in [2.45, 2.75) is 26.6 Å². The first-order valence-corrected chi connectivity index (χ1v) is 9.41. The van der Waals surface area contributed by atoms with Gasteiger partial charge in [0, 0.05) is 13.5 Å². The third-order valence-corrected chi connectivity index (χ3v) is 4.57. The molecule has 1 amide bonds. The fourth-order valence-corrected chi connectivity index (χ4v) is 2.70. The average molecular weight is 247 g/mol. The number of rotatable bonds is 4. The SMILES string of the molecule is CC(=O)NCC=Cc1cccc([Si](C)(C)C)c1. The van der Waals surface area contributed by atoms with Crippen LogP contribution in [0.15, 0.2) is 30.3 Å². The van der Waals surface area contributed by atoms with Crippen LogP contribution in [0.25, 0.3) is 6.08 Å². The molecule has 0 spiro atoms. The summed E-state index contributed by atoms with van der Waals surface area (Å²) in [5.41, 5.74) is 1.20. The van der Waals surface area contributed by atoms with Gasteiger partial charge in [0.25, 0.3) is 0 Å². The third-order valence-electron chi connectivity index (χ3n) is 2.53. The van der Waals surface area contributed by atoms with Crippen molar-refractivity contribution in [2.24, 2.45) is 0 Å². The molecule has 0 saturated carbocycles. The molecule has 0 unspecified atom stereocenters. The topological polar surface area (TPSA) is 29.1 Å². The second kappa shape index (κ2) is 5.82. The van der Waals surface area contributed by atoms with Crippen LogP contribution in [-0.4, -0.2) is 20.5 Å². The zero-order valence-electron chi connectivity index (χ0n) is 11.1. The molecule has 0 saturated heterocycles. The lowest BCUT2D eigenvalue weighted by Crippen LogP contribution is -2.37. The molecule has 0 aromatic heterocycles. The van der Waals surface area contributed by atoms with Crippen LogP contribution >= 0.6 is 0 Å². The van der Waals surface area contributed by atoms with Gasteiger partial charge in [0.1, 0.15) is 0 Å². The van der Waals surface area contributed by atoms with Crippen LogP contribution in [0, 0.1) is 0 Å². The maximum atomic E-state index is 10.7. The van der Waals surface area contributed by atoms with Crippen molar-refractivity contribution in [1.82, 2.24) is 5.32 Å². The van der Waals surface area contributed by atoms with Crippen LogP contribution < -0.4 is 10.5 Å². The third kappa shape index (κ3) is 5.00. The molecule has 3 heteroatoms. The molecule has 0 aliphatic rings. The molecule has 1 rings (SSSR count). The number of hydrogen-bond acceptors (Lipinski definition) is 1. The zero-order chi connectivity index (χ0) is 12.9. The summed E-state index contributed by atoms with van der Waals surface area (Å²) in [4.78, 5) is 10.7. The largest absolute Gasteiger partial charge is 0.353 e. The van der Waals surface area contributed by atoms with Gasteiger partial charge < -0.3 is 5.32 Å². The summed E-state index contributed by atoms with van der Waals surface area (Å²) < 4.78 is 0. The van der Waals surface area contributed by atoms with Crippen molar-refractivity contribution in [3.8, 4) is 0 Å². The highest BCUT2D eigenvalue weighted by Crippen LogP contribution is 2.06. The predicted octanol–water partition coefficient (Wildman–Crippen LogP) is 2.38. The van der Waals surface area contributed by atoms with Crippen LogP contribution in [0.3, 0.4) is 0 Å². The van der Waals surface area contributed by atoms with Crippen molar-refractivity contribution in [2.75, 3.05) is 6.54 Å². The molecule has 1 N–H and O–H groups in total. The van der Waals surface area contributed by atoms with Crippen molar-refractivity contribution < 1.29 is 4.79 Å². The molecular formula is C14H21NOSi. The Labute approximate surface area is 105 Å². The van der Waals surface area contributed by atoms with E-state index < -0.39 is 8.07 Å². The van der Waals surface area contributed by atoms with E-state index in [4.69, 9.17) is 0 Å². The molecule has 0 bridgehead atoms. The van der Waals surface area contributed by atoms with Crippen molar-refractivity contribution in [3.05, 3.63) is 35.9 Å². The number of nitrogens with one attached hydrogen (secondary N) is 1. The van der Waals surface area contributed by atoms with Gasteiger partial charge in [-0.3, -0.25) is 4.79 Å². The lowest BCUT2D eigenvalue weighted by molar-refractivity contribution is -0.118. The zero-order valence-corrected chi connectivity index (χ0v) is 12.1. The van der Waals surface area contributed by atoms with E-state index in [0.29, 0.717) is 6.54 Å². The van der Waals surface area contributed by atoms with Gasteiger partial charge in [-0.05, 0) is 5.56 Å². The molecule has 0 radical (unpaired) electrons. The number of amides is 1. The molecule has 0 atom stereocenters. The fourth-order valence-electron chi connectivity index (χ4n) is 1.51. The van der Waals surface area contributed by atoms with Gasteiger partial charge in [0.15, 0.2) is 0 Å². The molecule has 0 fully saturated rings. The highest BCUT2D eigenvalue weighted by Gasteiger charge is 2.15. The van der Waals surface area contributed by atoms with E-state index in [9.17, 15) is 4.79 Å². The van der Waals surface area contributed by atoms with Gasteiger partial charge in [-0.25, -0.2) is 0 Å². The second-order valence-electron chi connectivity index (χ2n) is 5.21. The van der Waals surface area contributed by atoms with Crippen LogP contribution in [0.5, 0.6) is 0 Å². The molecule has 17 heavy (non-hydrogen) atoms. The molecule has 2 nitrogen and oxygen atoms in total. The first kappa shape index (κ1) is 13.7. The molecule has 1 aromatic rings. The smallest absolute Gasteiger partial charge is 0.217 e. The molecule has 0 heterocycles. The van der Waals surface area contributed by atoms with Crippen molar-refractivity contribution in [1.29, 1.82) is 0 Å². The lowest BCUT2D eigenvalue weighted by Gasteiger charge is -2.16. The molecule has 92 valence electrons. The van der Waals surface area contributed by atoms with E-state index in [2.05, 4.69) is 55.3 Å². The van der Waals surface area contributed by atoms with Gasteiger partial charge in [-0.15, -0.1) is 0 Å². The summed E-state index contributed by atoms with van der Waals surface area (Å²) in [5, 5.41) is 4.20. The van der Waals surface area contributed by atoms with Gasteiger partial charge in [0.05, 0.1) is 8.07 Å². The van der Waals surface area contributed by atoms with Gasteiger partial charge >= 0.3 is 0 Å². The van der Waals surface area contributed by atoms with E-state index in [1.165, 1.54) is 17.7 Å². The number of carbonyl (C=O) groups is 1. The maximum absolute atomic E-state index is 10.7. The van der Waals surface area contributed by atoms with E-state index in [1.54, 1.807) is 0 Å². The first-order chi connectivity index (χ1) is 7.89. The minimum Gasteiger partial charge on any atom is -0.353 e. The van der Waals surface area contributed by atoms with Gasteiger partial charge in [-0.2, -0.15) is 0 Å². The second-order valence-corrected chi connectivity index (χ2v) is 10.3. The minimum absolute atomic E-state index is 0.00509. The summed E-state index contributed by atoms with van der Waals surface area (Å²) in [7, 11) is -1.23. The summed E-state index contributed by atoms with van der Waals surface area (Å²) in [6.07, 6.45) is 4.03. The fraction of sp³-hybridized carbons (Fsp3) is 0.357. The summed E-state index contributed by atoms with van der Waals surface area (Å²) in [5.74, 6) is 0.00509. The molecule has 0 aliphatic heterocycles. The Hall–Kier alpha value is -1.35. The lowest BCUT2D eigenvalue weighted by atomic mass is 10.2. The standard InChI is InChI=1S/C14H21NOSi/c1-12(16)15-10-6-8-13-7-5-9-14(11-13)17(2,3)4/h5-9,11H,10H2,1-4H3,(H,15,16). The van der Waals surface area contributed by atoms with Crippen LogP contribution in [0.4, 0.5) is 0 Å². The summed E-state index contributed by atoms with van der Waals surface area (Å²) >= 11 is 0. The van der Waals surface area contributed by atoms with E-state index in [-0.39, 0.29) is 5.91 Å². The maximum Gasteiger partial charge on any atom is 0.217 e. The van der Waals surface area contributed by atoms with Crippen LogP contribution in [0.2, 0.25) is 19.6 Å². The Kier molecular flexibility index (Phi) is 4.69. The minimum atomic E-state index is -1.23. The van der Waals surface area contributed by atoms with Gasteiger partial charge in [0.2, 0.25) is 5.91 Å². The van der Waals surface area contributed by atoms with Crippen molar-refractivity contribution in [3.63, 3.8) is 0 Å². The average Bonchev–Trinajstić information content (AvgIpc) is 2.23. The summed E-state index contributed by atoms with van der Waals surface area (Å²) in [6.45, 7) is 9.14. The molecule has 0 aliphatic carbocycles. The van der Waals surface area contributed by atoms with Crippen molar-refractivity contribution >= 4 is 25.2 Å². The summed E-state index contributed by atoms with van der Waals surface area (Å²) in [6, 6.07) is 8.65. The Morgan fingerprint density at radius 3 is 2.65 bits per heavy atom. The number of carbonyl (C=O) groups excluding carboxylic acids is 1. The monoisotopic (exact) mass is 247 g/mol. The highest BCUT2D eigenvalue weighted by molar-refractivity contribution is 6.88. The molecule has 1 aromatic carbocycles. The van der Waals surface area contributed by atoms with E-state index in [1.807, 2.05) is 6.08 Å². The van der Waals surface area contributed by atoms with Crippen LogP contribution in [0.1, 0.15) is 12.5 Å². The quantitative estimate of drug-likeness (QED) is 0.813. The van der Waals surface area contributed by atoms with E-state index >= 15 is 0 Å². The van der Waals surface area contributed by atoms with Gasteiger partial charge in [-0.1, -0.05) is 61.2 Å². The first-order valence-electron chi connectivity index (χ1n) is 5.91. The highest BCUT2D eigenvalue weighted by atomic mass is 28.3. The van der Waals surface area contributed by atoms with E-state index in [0.717, 1.165) is 0 Å². The Bertz CT molecular complexity index is 418. The normalized spacial score (nSPS) is 11.8. The predicted molar refractivity (Wildman–Crippen MR) is 77.1 cm³/mol. The number of hydrogen-bond donors (Lipinski definition) is 1. The Morgan fingerprint density at radius 1 is 1.35 bits per heavy atom. The molecular weight excluding hydrogens is 226 g/mol. The number of benzene rings is 1. The Balaban J connectivity index is 2.69. The Morgan fingerprint density at radius 2 is 2.06 bits per heavy atom. The van der Waals surface area contributed by atoms with Crippen LogP contribution in [-0.2, 0) is 4.79 Å².